The van der Waals surface area contributed by atoms with E-state index in [4.69, 9.17) is 9.47 Å². The predicted octanol–water partition coefficient (Wildman–Crippen LogP) is 0.847. The number of morpholine rings is 1. The molecule has 1 saturated heterocycles. The van der Waals surface area contributed by atoms with Gasteiger partial charge in [0.05, 0.1) is 25.9 Å². The molecule has 0 spiro atoms. The lowest BCUT2D eigenvalue weighted by Crippen LogP contribution is -2.39. The Bertz CT molecular complexity index is 216. The van der Waals surface area contributed by atoms with Crippen LogP contribution in [0.15, 0.2) is 0 Å². The highest BCUT2D eigenvalue weighted by molar-refractivity contribution is 5.79. The summed E-state index contributed by atoms with van der Waals surface area (Å²) >= 11 is 0. The zero-order valence-corrected chi connectivity index (χ0v) is 9.82. The number of ketones is 1. The third-order valence-corrected chi connectivity index (χ3v) is 3.36. The second kappa shape index (κ2) is 6.33. The van der Waals surface area contributed by atoms with Gasteiger partial charge in [0.1, 0.15) is 5.78 Å². The number of hydrogen-bond donors (Lipinski definition) is 0. The van der Waals surface area contributed by atoms with Gasteiger partial charge in [-0.3, -0.25) is 9.69 Å². The molecule has 0 aromatic carbocycles. The van der Waals surface area contributed by atoms with Crippen molar-refractivity contribution in [3.05, 3.63) is 0 Å². The molecule has 0 aromatic rings. The van der Waals surface area contributed by atoms with Crippen LogP contribution in [-0.2, 0) is 14.3 Å². The zero-order valence-electron chi connectivity index (χ0n) is 9.82. The van der Waals surface area contributed by atoms with E-state index in [1.807, 2.05) is 0 Å². The highest BCUT2D eigenvalue weighted by Gasteiger charge is 2.19. The van der Waals surface area contributed by atoms with E-state index in [0.29, 0.717) is 24.7 Å². The maximum absolute atomic E-state index is 11.1. The number of nitrogens with zero attached hydrogens (tertiary/aromatic N) is 1. The zero-order chi connectivity index (χ0) is 11.2. The predicted molar refractivity (Wildman–Crippen MR) is 60.5 cm³/mol. The Morgan fingerprint density at radius 3 is 2.62 bits per heavy atom. The molecule has 16 heavy (non-hydrogen) atoms. The highest BCUT2D eigenvalue weighted by atomic mass is 16.5. The van der Waals surface area contributed by atoms with Gasteiger partial charge >= 0.3 is 0 Å². The van der Waals surface area contributed by atoms with Gasteiger partial charge in [0.25, 0.3) is 0 Å². The van der Waals surface area contributed by atoms with Gasteiger partial charge in [-0.05, 0) is 12.8 Å². The molecule has 2 fully saturated rings. The topological polar surface area (TPSA) is 38.8 Å². The Kier molecular flexibility index (Phi) is 4.75. The minimum absolute atomic E-state index is 0.318. The quantitative estimate of drug-likeness (QED) is 0.713. The van der Waals surface area contributed by atoms with Crippen LogP contribution in [0.1, 0.15) is 25.7 Å². The Morgan fingerprint density at radius 1 is 1.25 bits per heavy atom. The molecule has 1 aliphatic heterocycles. The molecule has 2 aliphatic rings. The minimum Gasteiger partial charge on any atom is -0.379 e. The second-order valence-electron chi connectivity index (χ2n) is 4.56. The molecular weight excluding hydrogens is 206 g/mol. The Balaban J connectivity index is 1.55. The van der Waals surface area contributed by atoms with E-state index >= 15 is 0 Å². The number of ether oxygens (including phenoxy) is 2. The summed E-state index contributed by atoms with van der Waals surface area (Å²) in [6, 6.07) is 0. The summed E-state index contributed by atoms with van der Waals surface area (Å²) in [5, 5.41) is 0. The molecule has 92 valence electrons. The smallest absolute Gasteiger partial charge is 0.133 e. The van der Waals surface area contributed by atoms with E-state index in [1.165, 1.54) is 0 Å². The lowest BCUT2D eigenvalue weighted by molar-refractivity contribution is -0.123. The van der Waals surface area contributed by atoms with Crippen LogP contribution in [0.2, 0.25) is 0 Å². The summed E-state index contributed by atoms with van der Waals surface area (Å²) in [5.41, 5.74) is 0. The first-order valence-electron chi connectivity index (χ1n) is 6.28. The van der Waals surface area contributed by atoms with Crippen molar-refractivity contribution < 1.29 is 14.3 Å². The van der Waals surface area contributed by atoms with Gasteiger partial charge in [0.2, 0.25) is 0 Å². The monoisotopic (exact) mass is 227 g/mol. The molecule has 4 nitrogen and oxygen atoms in total. The van der Waals surface area contributed by atoms with Crippen molar-refractivity contribution in [3.8, 4) is 0 Å². The normalized spacial score (nSPS) is 24.9. The van der Waals surface area contributed by atoms with E-state index in [-0.39, 0.29) is 0 Å². The van der Waals surface area contributed by atoms with Crippen molar-refractivity contribution in [1.82, 2.24) is 4.90 Å². The third-order valence-electron chi connectivity index (χ3n) is 3.36. The molecule has 0 atom stereocenters. The molecule has 1 aliphatic carbocycles. The van der Waals surface area contributed by atoms with Gasteiger partial charge < -0.3 is 9.47 Å². The summed E-state index contributed by atoms with van der Waals surface area (Å²) in [6.07, 6.45) is 3.58. The Morgan fingerprint density at radius 2 is 1.94 bits per heavy atom. The molecule has 0 N–H and O–H groups in total. The van der Waals surface area contributed by atoms with E-state index < -0.39 is 0 Å². The number of carbonyl (C=O) groups excluding carboxylic acids is 1. The molecule has 0 unspecified atom stereocenters. The van der Waals surface area contributed by atoms with Crippen molar-refractivity contribution in [2.75, 3.05) is 39.5 Å². The van der Waals surface area contributed by atoms with Crippen LogP contribution in [0.3, 0.4) is 0 Å². The van der Waals surface area contributed by atoms with Crippen molar-refractivity contribution in [2.24, 2.45) is 0 Å². The van der Waals surface area contributed by atoms with E-state index in [9.17, 15) is 4.79 Å². The lowest BCUT2D eigenvalue weighted by Gasteiger charge is -2.28. The average molecular weight is 227 g/mol. The summed E-state index contributed by atoms with van der Waals surface area (Å²) in [4.78, 5) is 13.4. The van der Waals surface area contributed by atoms with E-state index in [1.54, 1.807) is 0 Å². The Hall–Kier alpha value is -0.450. The first-order valence-corrected chi connectivity index (χ1v) is 6.28. The Labute approximate surface area is 96.9 Å². The summed E-state index contributed by atoms with van der Waals surface area (Å²) in [6.45, 7) is 5.52. The fourth-order valence-electron chi connectivity index (χ4n) is 2.25. The lowest BCUT2D eigenvalue weighted by atomic mass is 9.96. The van der Waals surface area contributed by atoms with Crippen LogP contribution in [0.25, 0.3) is 0 Å². The van der Waals surface area contributed by atoms with Gasteiger partial charge in [0.15, 0.2) is 0 Å². The van der Waals surface area contributed by atoms with Crippen LogP contribution in [0.4, 0.5) is 0 Å². The third kappa shape index (κ3) is 3.85. The van der Waals surface area contributed by atoms with Gasteiger partial charge in [0, 0.05) is 32.5 Å². The standard InChI is InChI=1S/C12H21NO3/c14-11-1-3-12(4-2-11)16-10-7-13-5-8-15-9-6-13/h12H,1-10H2. The number of Topliss-reactive ketones (excluding diaryl/α,β-unsaturated/α-hetero) is 1. The van der Waals surface area contributed by atoms with Crippen LogP contribution >= 0.6 is 0 Å². The summed E-state index contributed by atoms with van der Waals surface area (Å²) in [5.74, 6) is 0.396. The van der Waals surface area contributed by atoms with Crippen molar-refractivity contribution >= 4 is 5.78 Å². The molecule has 1 heterocycles. The largest absolute Gasteiger partial charge is 0.379 e. The van der Waals surface area contributed by atoms with Gasteiger partial charge in [-0.2, -0.15) is 0 Å². The maximum atomic E-state index is 11.1. The number of hydrogen-bond acceptors (Lipinski definition) is 4. The van der Waals surface area contributed by atoms with E-state index in [0.717, 1.165) is 52.3 Å². The van der Waals surface area contributed by atoms with E-state index in [2.05, 4.69) is 4.90 Å². The van der Waals surface area contributed by atoms with Crippen LogP contribution < -0.4 is 0 Å². The molecule has 0 radical (unpaired) electrons. The SMILES string of the molecule is O=C1CCC(OCCN2CCOCC2)CC1. The second-order valence-corrected chi connectivity index (χ2v) is 4.56. The maximum Gasteiger partial charge on any atom is 0.133 e. The van der Waals surface area contributed by atoms with Crippen LogP contribution in [0.5, 0.6) is 0 Å². The van der Waals surface area contributed by atoms with Crippen molar-refractivity contribution in [3.63, 3.8) is 0 Å². The molecule has 0 bridgehead atoms. The summed E-state index contributed by atoms with van der Waals surface area (Å²) < 4.78 is 11.1. The molecule has 2 rings (SSSR count). The first-order chi connectivity index (χ1) is 7.84. The highest BCUT2D eigenvalue weighted by Crippen LogP contribution is 2.17. The molecule has 0 aromatic heterocycles. The fraction of sp³-hybridized carbons (Fsp3) is 0.917. The molecule has 0 amide bonds. The first kappa shape index (κ1) is 12.0. The summed E-state index contributed by atoms with van der Waals surface area (Å²) in [7, 11) is 0. The van der Waals surface area contributed by atoms with Crippen LogP contribution in [0, 0.1) is 0 Å². The fourth-order valence-corrected chi connectivity index (χ4v) is 2.25. The molecule has 4 heteroatoms. The van der Waals surface area contributed by atoms with Gasteiger partial charge in [-0.25, -0.2) is 0 Å². The van der Waals surface area contributed by atoms with Gasteiger partial charge in [-0.15, -0.1) is 0 Å². The average Bonchev–Trinajstić information content (AvgIpc) is 2.33. The number of carbonyl (C=O) groups is 1. The molecular formula is C12H21NO3. The van der Waals surface area contributed by atoms with Crippen molar-refractivity contribution in [1.29, 1.82) is 0 Å². The van der Waals surface area contributed by atoms with Gasteiger partial charge in [-0.1, -0.05) is 0 Å². The number of rotatable bonds is 4. The minimum atomic E-state index is 0.318. The van der Waals surface area contributed by atoms with Crippen molar-refractivity contribution in [2.45, 2.75) is 31.8 Å². The molecule has 1 saturated carbocycles. The van der Waals surface area contributed by atoms with Crippen LogP contribution in [-0.4, -0.2) is 56.2 Å².